The summed E-state index contributed by atoms with van der Waals surface area (Å²) in [6.07, 6.45) is 6.76. The van der Waals surface area contributed by atoms with E-state index in [4.69, 9.17) is 4.74 Å². The minimum absolute atomic E-state index is 0.00125. The first kappa shape index (κ1) is 18.4. The maximum absolute atomic E-state index is 11.4. The number of esters is 1. The van der Waals surface area contributed by atoms with Crippen molar-refractivity contribution in [3.8, 4) is 0 Å². The van der Waals surface area contributed by atoms with Gasteiger partial charge in [0.15, 0.2) is 0 Å². The summed E-state index contributed by atoms with van der Waals surface area (Å²) < 4.78 is 5.29. The molecule has 25 heavy (non-hydrogen) atoms. The van der Waals surface area contributed by atoms with Crippen LogP contribution in [0.4, 0.5) is 0 Å². The van der Waals surface area contributed by atoms with Crippen molar-refractivity contribution < 1.29 is 14.6 Å². The number of hydrogen-bond donors (Lipinski definition) is 1. The van der Waals surface area contributed by atoms with Crippen molar-refractivity contribution in [3.63, 3.8) is 0 Å². The molecular formula is C22H32O3. The third-order valence-corrected chi connectivity index (χ3v) is 7.34. The number of aliphatic hydroxyl groups excluding tert-OH is 1. The van der Waals surface area contributed by atoms with E-state index in [-0.39, 0.29) is 23.6 Å². The summed E-state index contributed by atoms with van der Waals surface area (Å²) >= 11 is 0. The molecule has 2 bridgehead atoms. The zero-order valence-electron chi connectivity index (χ0n) is 16.0. The molecule has 2 aliphatic carbocycles. The lowest BCUT2D eigenvalue weighted by molar-refractivity contribution is 0.0126. The van der Waals surface area contributed by atoms with Gasteiger partial charge in [-0.2, -0.15) is 0 Å². The molecule has 1 heterocycles. The Morgan fingerprint density at radius 1 is 1.24 bits per heavy atom. The molecule has 1 aromatic carbocycles. The van der Waals surface area contributed by atoms with Crippen LogP contribution in [0.5, 0.6) is 0 Å². The highest BCUT2D eigenvalue weighted by Gasteiger charge is 2.60. The van der Waals surface area contributed by atoms with Gasteiger partial charge >= 0.3 is 5.97 Å². The number of ether oxygens (including phenoxy) is 1. The summed E-state index contributed by atoms with van der Waals surface area (Å²) in [6.45, 7) is 9.04. The number of aliphatic hydroxyl groups is 1. The highest BCUT2D eigenvalue weighted by Crippen LogP contribution is 2.65. The summed E-state index contributed by atoms with van der Waals surface area (Å²) in [5, 5.41) is 9.81. The van der Waals surface area contributed by atoms with Crippen LogP contribution < -0.4 is 0 Å². The second-order valence-electron chi connectivity index (χ2n) is 8.75. The van der Waals surface area contributed by atoms with Crippen LogP contribution in [0.2, 0.25) is 0 Å². The van der Waals surface area contributed by atoms with Crippen LogP contribution in [0.25, 0.3) is 0 Å². The van der Waals surface area contributed by atoms with Gasteiger partial charge in [0.05, 0.1) is 11.7 Å². The fourth-order valence-corrected chi connectivity index (χ4v) is 4.99. The van der Waals surface area contributed by atoms with Crippen LogP contribution in [0, 0.1) is 16.7 Å². The van der Waals surface area contributed by atoms with E-state index in [0.717, 1.165) is 42.7 Å². The maximum Gasteiger partial charge on any atom is 0.339 e. The van der Waals surface area contributed by atoms with Gasteiger partial charge in [0.25, 0.3) is 0 Å². The molecule has 4 rings (SSSR count). The number of carbonyl (C=O) groups excluding carboxylic acids is 1. The molecule has 2 fully saturated rings. The number of cyclic esters (lactones) is 1. The summed E-state index contributed by atoms with van der Waals surface area (Å²) in [5.74, 6) is 0.615. The molecule has 0 spiro atoms. The molecular weight excluding hydrogens is 312 g/mol. The molecule has 1 N–H and O–H groups in total. The largest absolute Gasteiger partial charge is 0.454 e. The molecule has 4 unspecified atom stereocenters. The summed E-state index contributed by atoms with van der Waals surface area (Å²) in [7, 11) is 0. The van der Waals surface area contributed by atoms with E-state index in [2.05, 4.69) is 27.7 Å². The number of hydrogen-bond acceptors (Lipinski definition) is 3. The predicted molar refractivity (Wildman–Crippen MR) is 99.4 cm³/mol. The molecule has 138 valence electrons. The zero-order chi connectivity index (χ0) is 18.2. The predicted octanol–water partition coefficient (Wildman–Crippen LogP) is 5.28. The first-order valence-electron chi connectivity index (χ1n) is 9.79. The Balaban J connectivity index is 0.000000150. The maximum atomic E-state index is 11.4. The average Bonchev–Trinajstić information content (AvgIpc) is 3.09. The summed E-state index contributed by atoms with van der Waals surface area (Å²) in [4.78, 5) is 11.4. The summed E-state index contributed by atoms with van der Waals surface area (Å²) in [6, 6.07) is 7.66. The van der Waals surface area contributed by atoms with Gasteiger partial charge in [-0.25, -0.2) is 4.79 Å². The van der Waals surface area contributed by atoms with Gasteiger partial charge in [-0.15, -0.1) is 0 Å². The van der Waals surface area contributed by atoms with Gasteiger partial charge in [0.2, 0.25) is 0 Å². The van der Waals surface area contributed by atoms with E-state index >= 15 is 0 Å². The van der Waals surface area contributed by atoms with E-state index in [1.54, 1.807) is 0 Å². The number of carbonyl (C=O) groups is 1. The summed E-state index contributed by atoms with van der Waals surface area (Å²) in [5.41, 5.74) is 2.41. The topological polar surface area (TPSA) is 46.5 Å². The lowest BCUT2D eigenvalue weighted by Gasteiger charge is -2.36. The second-order valence-corrected chi connectivity index (χ2v) is 8.75. The quantitative estimate of drug-likeness (QED) is 0.759. The van der Waals surface area contributed by atoms with Crippen LogP contribution >= 0.6 is 0 Å². The van der Waals surface area contributed by atoms with Crippen molar-refractivity contribution in [2.45, 2.75) is 78.4 Å². The van der Waals surface area contributed by atoms with Gasteiger partial charge in [-0.1, -0.05) is 52.3 Å². The normalized spacial score (nSPS) is 34.3. The third-order valence-electron chi connectivity index (χ3n) is 7.34. The molecule has 0 saturated heterocycles. The molecule has 0 aromatic heterocycles. The lowest BCUT2D eigenvalue weighted by atomic mass is 9.70. The first-order chi connectivity index (χ1) is 11.8. The Bertz CT molecular complexity index is 636. The Morgan fingerprint density at radius 3 is 2.48 bits per heavy atom. The molecule has 1 aliphatic heterocycles. The highest BCUT2D eigenvalue weighted by atomic mass is 16.5. The molecule has 4 atom stereocenters. The van der Waals surface area contributed by atoms with Crippen molar-refractivity contribution in [2.24, 2.45) is 16.7 Å². The van der Waals surface area contributed by atoms with E-state index in [1.807, 2.05) is 24.3 Å². The standard InChI is InChI=1S/C12H14O2.C10H18O/c1-2-3-8-11-9-6-4-5-7-10(9)12(13)14-11;1-9(2)7-4-5-10(9,3)8(11)6-7/h4-7,11H,2-3,8H2,1H3;7-8,11H,4-6H2,1-3H3. The number of benzene rings is 1. The van der Waals surface area contributed by atoms with Crippen LogP contribution in [-0.2, 0) is 4.74 Å². The lowest BCUT2D eigenvalue weighted by Crippen LogP contribution is -2.35. The van der Waals surface area contributed by atoms with Crippen molar-refractivity contribution in [3.05, 3.63) is 35.4 Å². The number of rotatable bonds is 3. The van der Waals surface area contributed by atoms with Gasteiger partial charge in [0.1, 0.15) is 6.10 Å². The van der Waals surface area contributed by atoms with Crippen LogP contribution in [0.1, 0.15) is 88.2 Å². The Labute approximate surface area is 151 Å². The van der Waals surface area contributed by atoms with Crippen molar-refractivity contribution in [1.82, 2.24) is 0 Å². The van der Waals surface area contributed by atoms with Crippen molar-refractivity contribution in [1.29, 1.82) is 0 Å². The highest BCUT2D eigenvalue weighted by molar-refractivity contribution is 5.93. The molecule has 3 heteroatoms. The SMILES string of the molecule is CC1(C)C2CCC1(C)C(O)C2.CCCCC1OC(=O)c2ccccc21. The van der Waals surface area contributed by atoms with E-state index < -0.39 is 0 Å². The van der Waals surface area contributed by atoms with Gasteiger partial charge in [-0.3, -0.25) is 0 Å². The van der Waals surface area contributed by atoms with Gasteiger partial charge in [0, 0.05) is 5.56 Å². The van der Waals surface area contributed by atoms with E-state index in [0.29, 0.717) is 5.41 Å². The average molecular weight is 344 g/mol. The number of fused-ring (bicyclic) bond motifs is 3. The van der Waals surface area contributed by atoms with Crippen molar-refractivity contribution >= 4 is 5.97 Å². The number of unbranched alkanes of at least 4 members (excludes halogenated alkanes) is 1. The van der Waals surface area contributed by atoms with Crippen LogP contribution in [0.15, 0.2) is 24.3 Å². The van der Waals surface area contributed by atoms with E-state index in [1.165, 1.54) is 12.8 Å². The van der Waals surface area contributed by atoms with E-state index in [9.17, 15) is 9.90 Å². The Hall–Kier alpha value is -1.35. The molecule has 0 radical (unpaired) electrons. The minimum Gasteiger partial charge on any atom is -0.454 e. The fraction of sp³-hybridized carbons (Fsp3) is 0.682. The fourth-order valence-electron chi connectivity index (χ4n) is 4.99. The smallest absolute Gasteiger partial charge is 0.339 e. The molecule has 1 aromatic rings. The molecule has 0 amide bonds. The van der Waals surface area contributed by atoms with Crippen molar-refractivity contribution in [2.75, 3.05) is 0 Å². The molecule has 3 aliphatic rings. The Morgan fingerprint density at radius 2 is 1.96 bits per heavy atom. The third kappa shape index (κ3) is 3.01. The van der Waals surface area contributed by atoms with Gasteiger partial charge in [-0.05, 0) is 54.9 Å². The Kier molecular flexibility index (Phi) is 4.98. The van der Waals surface area contributed by atoms with Crippen LogP contribution in [0.3, 0.4) is 0 Å². The minimum atomic E-state index is -0.165. The van der Waals surface area contributed by atoms with Gasteiger partial charge < -0.3 is 9.84 Å². The first-order valence-corrected chi connectivity index (χ1v) is 9.79. The molecule has 2 saturated carbocycles. The second kappa shape index (κ2) is 6.75. The monoisotopic (exact) mass is 344 g/mol. The molecule has 3 nitrogen and oxygen atoms in total. The zero-order valence-corrected chi connectivity index (χ0v) is 16.0. The van der Waals surface area contributed by atoms with Crippen LogP contribution in [-0.4, -0.2) is 17.2 Å².